The van der Waals surface area contributed by atoms with E-state index in [1.807, 2.05) is 25.3 Å². The van der Waals surface area contributed by atoms with Gasteiger partial charge in [-0.05, 0) is 47.9 Å². The number of nitrogens with zero attached hydrogens (tertiary/aromatic N) is 1. The van der Waals surface area contributed by atoms with Gasteiger partial charge in [-0.15, -0.1) is 22.7 Å². The van der Waals surface area contributed by atoms with E-state index in [1.165, 1.54) is 11.3 Å². The Bertz CT molecular complexity index is 916. The summed E-state index contributed by atoms with van der Waals surface area (Å²) >= 11 is 3.06. The molecule has 0 fully saturated rings. The van der Waals surface area contributed by atoms with E-state index in [2.05, 4.69) is 4.98 Å². The number of aliphatic hydroxyl groups is 1. The Hall–Kier alpha value is -1.96. The number of carbonyl (C=O) groups excluding carboxylic acids is 1. The minimum absolute atomic E-state index is 0.213. The molecule has 0 radical (unpaired) electrons. The number of carbonyl (C=O) groups is 1. The van der Waals surface area contributed by atoms with Gasteiger partial charge in [0, 0.05) is 22.4 Å². The largest absolute Gasteiger partial charge is 0.508 e. The van der Waals surface area contributed by atoms with Crippen molar-refractivity contribution >= 4 is 38.7 Å². The van der Waals surface area contributed by atoms with Crippen molar-refractivity contribution in [2.24, 2.45) is 0 Å². The third-order valence-corrected chi connectivity index (χ3v) is 6.16. The molecule has 0 spiro atoms. The fourth-order valence-electron chi connectivity index (χ4n) is 2.83. The van der Waals surface area contributed by atoms with Crippen LogP contribution in [0.4, 0.5) is 0 Å². The van der Waals surface area contributed by atoms with Gasteiger partial charge in [-0.25, -0.2) is 9.78 Å². The van der Waals surface area contributed by atoms with Crippen molar-refractivity contribution in [1.29, 1.82) is 0 Å². The van der Waals surface area contributed by atoms with Crippen LogP contribution in [-0.2, 0) is 28.8 Å². The number of aromatic nitrogens is 1. The SMILES string of the molecule is CCc1nc(C)sc1CC(O)C(=O)OCCc1csc2cc(O)ccc12. The number of thiophene rings is 1. The summed E-state index contributed by atoms with van der Waals surface area (Å²) in [6.45, 7) is 4.14. The highest BCUT2D eigenvalue weighted by Crippen LogP contribution is 2.29. The smallest absolute Gasteiger partial charge is 0.335 e. The van der Waals surface area contributed by atoms with Gasteiger partial charge in [0.1, 0.15) is 5.75 Å². The predicted molar refractivity (Wildman–Crippen MR) is 104 cm³/mol. The summed E-state index contributed by atoms with van der Waals surface area (Å²) in [5.74, 6) is -0.361. The fourth-order valence-corrected chi connectivity index (χ4v) is 4.92. The summed E-state index contributed by atoms with van der Waals surface area (Å²) < 4.78 is 6.25. The average molecular weight is 392 g/mol. The van der Waals surface area contributed by atoms with Crippen LogP contribution < -0.4 is 0 Å². The molecule has 26 heavy (non-hydrogen) atoms. The van der Waals surface area contributed by atoms with Gasteiger partial charge < -0.3 is 14.9 Å². The first-order valence-corrected chi connectivity index (χ1v) is 10.2. The Morgan fingerprint density at radius 3 is 2.96 bits per heavy atom. The number of esters is 1. The van der Waals surface area contributed by atoms with Crippen LogP contribution in [0.3, 0.4) is 0 Å². The van der Waals surface area contributed by atoms with Gasteiger partial charge in [0.15, 0.2) is 6.10 Å². The van der Waals surface area contributed by atoms with Crippen LogP contribution in [0.2, 0.25) is 0 Å². The Morgan fingerprint density at radius 1 is 1.38 bits per heavy atom. The summed E-state index contributed by atoms with van der Waals surface area (Å²) in [5, 5.41) is 23.6. The highest BCUT2D eigenvalue weighted by atomic mass is 32.1. The number of hydrogen-bond donors (Lipinski definition) is 2. The van der Waals surface area contributed by atoms with E-state index in [-0.39, 0.29) is 18.8 Å². The molecule has 2 aromatic heterocycles. The molecule has 1 aromatic carbocycles. The predicted octanol–water partition coefficient (Wildman–Crippen LogP) is 3.62. The third-order valence-electron chi connectivity index (χ3n) is 4.13. The topological polar surface area (TPSA) is 79.7 Å². The molecule has 7 heteroatoms. The van der Waals surface area contributed by atoms with Crippen LogP contribution in [-0.4, -0.2) is 33.9 Å². The number of aryl methyl sites for hydroxylation is 2. The van der Waals surface area contributed by atoms with Crippen molar-refractivity contribution in [3.8, 4) is 5.75 Å². The maximum Gasteiger partial charge on any atom is 0.335 e. The Labute approximate surface area is 159 Å². The molecular weight excluding hydrogens is 370 g/mol. The lowest BCUT2D eigenvalue weighted by Crippen LogP contribution is -2.26. The second kappa shape index (κ2) is 8.16. The zero-order valence-corrected chi connectivity index (χ0v) is 16.3. The molecule has 5 nitrogen and oxygen atoms in total. The number of ether oxygens (including phenoxy) is 1. The summed E-state index contributed by atoms with van der Waals surface area (Å²) in [4.78, 5) is 17.4. The molecule has 2 heterocycles. The van der Waals surface area contributed by atoms with E-state index in [0.717, 1.165) is 37.6 Å². The summed E-state index contributed by atoms with van der Waals surface area (Å²) in [6.07, 6.45) is 0.427. The maximum atomic E-state index is 12.1. The van der Waals surface area contributed by atoms with Crippen LogP contribution in [0, 0.1) is 6.92 Å². The standard InChI is InChI=1S/C19H21NO4S2/c1-3-15-18(26-11(2)20-15)9-16(22)19(23)24-7-6-12-10-25-17-8-13(21)4-5-14(12)17/h4-5,8,10,16,21-22H,3,6-7,9H2,1-2H3. The molecule has 3 rings (SSSR count). The highest BCUT2D eigenvalue weighted by Gasteiger charge is 2.20. The minimum Gasteiger partial charge on any atom is -0.508 e. The Balaban J connectivity index is 1.54. The Kier molecular flexibility index (Phi) is 5.90. The number of phenols is 1. The first kappa shape index (κ1) is 18.8. The molecule has 2 N–H and O–H groups in total. The van der Waals surface area contributed by atoms with Crippen LogP contribution in [0.5, 0.6) is 5.75 Å². The lowest BCUT2D eigenvalue weighted by Gasteiger charge is -2.10. The molecule has 0 saturated carbocycles. The van der Waals surface area contributed by atoms with Crippen LogP contribution in [0.15, 0.2) is 23.6 Å². The molecule has 0 bridgehead atoms. The molecule has 138 valence electrons. The molecule has 0 aliphatic rings. The van der Waals surface area contributed by atoms with Crippen LogP contribution >= 0.6 is 22.7 Å². The molecule has 0 aliphatic heterocycles. The molecule has 0 saturated heterocycles. The van der Waals surface area contributed by atoms with E-state index < -0.39 is 12.1 Å². The van der Waals surface area contributed by atoms with Crippen LogP contribution in [0.25, 0.3) is 10.1 Å². The van der Waals surface area contributed by atoms with Gasteiger partial charge in [-0.3, -0.25) is 0 Å². The number of aromatic hydroxyl groups is 1. The van der Waals surface area contributed by atoms with Crippen LogP contribution in [0.1, 0.15) is 28.1 Å². The number of aliphatic hydroxyl groups excluding tert-OH is 1. The number of rotatable bonds is 7. The highest BCUT2D eigenvalue weighted by molar-refractivity contribution is 7.17. The Morgan fingerprint density at radius 2 is 2.19 bits per heavy atom. The van der Waals surface area contributed by atoms with E-state index in [9.17, 15) is 15.0 Å². The molecule has 0 aliphatic carbocycles. The molecule has 0 amide bonds. The van der Waals surface area contributed by atoms with E-state index in [4.69, 9.17) is 4.74 Å². The number of hydrogen-bond acceptors (Lipinski definition) is 7. The van der Waals surface area contributed by atoms with Gasteiger partial charge in [0.25, 0.3) is 0 Å². The summed E-state index contributed by atoms with van der Waals surface area (Å²) in [7, 11) is 0. The van der Waals surface area contributed by atoms with Gasteiger partial charge in [-0.2, -0.15) is 0 Å². The van der Waals surface area contributed by atoms with Crippen molar-refractivity contribution in [3.05, 3.63) is 44.7 Å². The maximum absolute atomic E-state index is 12.1. The van der Waals surface area contributed by atoms with E-state index in [1.54, 1.807) is 23.5 Å². The van der Waals surface area contributed by atoms with E-state index in [0.29, 0.717) is 6.42 Å². The minimum atomic E-state index is -1.17. The number of thiazole rings is 1. The van der Waals surface area contributed by atoms with Gasteiger partial charge in [0.2, 0.25) is 0 Å². The lowest BCUT2D eigenvalue weighted by molar-refractivity contribution is -0.153. The third kappa shape index (κ3) is 4.23. The molecule has 1 unspecified atom stereocenters. The lowest BCUT2D eigenvalue weighted by atomic mass is 10.1. The quantitative estimate of drug-likeness (QED) is 0.601. The zero-order valence-electron chi connectivity index (χ0n) is 14.7. The average Bonchev–Trinajstić information content (AvgIpc) is 3.17. The number of fused-ring (bicyclic) bond motifs is 1. The number of phenolic OH excluding ortho intramolecular Hbond substituents is 1. The van der Waals surface area contributed by atoms with Crippen molar-refractivity contribution in [1.82, 2.24) is 4.98 Å². The fraction of sp³-hybridized carbons (Fsp3) is 0.368. The molecule has 3 aromatic rings. The van der Waals surface area contributed by atoms with Crippen molar-refractivity contribution in [3.63, 3.8) is 0 Å². The summed E-state index contributed by atoms with van der Waals surface area (Å²) in [6, 6.07) is 5.24. The second-order valence-corrected chi connectivity index (χ2v) is 8.23. The molecular formula is C19H21NO4S2. The molecule has 1 atom stereocenters. The first-order valence-electron chi connectivity index (χ1n) is 8.47. The van der Waals surface area contributed by atoms with E-state index >= 15 is 0 Å². The van der Waals surface area contributed by atoms with Crippen molar-refractivity contribution < 1.29 is 19.7 Å². The van der Waals surface area contributed by atoms with Gasteiger partial charge in [-0.1, -0.05) is 6.92 Å². The van der Waals surface area contributed by atoms with Gasteiger partial charge >= 0.3 is 5.97 Å². The first-order chi connectivity index (χ1) is 12.5. The zero-order chi connectivity index (χ0) is 18.7. The van der Waals surface area contributed by atoms with Crippen molar-refractivity contribution in [2.45, 2.75) is 39.2 Å². The summed E-state index contributed by atoms with van der Waals surface area (Å²) in [5.41, 5.74) is 2.01. The second-order valence-electron chi connectivity index (χ2n) is 6.04. The monoisotopic (exact) mass is 391 g/mol. The normalized spacial score (nSPS) is 12.4. The van der Waals surface area contributed by atoms with Gasteiger partial charge in [0.05, 0.1) is 17.3 Å². The van der Waals surface area contributed by atoms with Crippen molar-refractivity contribution in [2.75, 3.05) is 6.61 Å². The number of benzene rings is 1.